The second-order valence-electron chi connectivity index (χ2n) is 4.77. The summed E-state index contributed by atoms with van der Waals surface area (Å²) in [4.78, 5) is 25.8. The number of rotatable bonds is 3. The number of hydrogen-bond acceptors (Lipinski definition) is 5. The zero-order valence-electron chi connectivity index (χ0n) is 11.1. The number of nitro groups is 1. The van der Waals surface area contributed by atoms with Crippen LogP contribution in [-0.2, 0) is 6.42 Å². The maximum absolute atomic E-state index is 11.9. The molecule has 0 radical (unpaired) electrons. The molecule has 1 aliphatic carbocycles. The molecule has 21 heavy (non-hydrogen) atoms. The smallest absolute Gasteiger partial charge is 0.287 e. The fraction of sp³-hybridized carbons (Fsp3) is 0.200. The van der Waals surface area contributed by atoms with Gasteiger partial charge in [-0.1, -0.05) is 12.1 Å². The topological polar surface area (TPSA) is 82.3 Å². The minimum Gasteiger partial charge on any atom is -0.439 e. The molecular weight excluding hydrogens is 272 g/mol. The predicted octanol–water partition coefficient (Wildman–Crippen LogP) is 3.30. The molecule has 106 valence electrons. The van der Waals surface area contributed by atoms with Crippen LogP contribution in [0.4, 0.5) is 5.69 Å². The molecule has 0 unspecified atom stereocenters. The summed E-state index contributed by atoms with van der Waals surface area (Å²) in [5, 5.41) is 10.6. The van der Waals surface area contributed by atoms with Gasteiger partial charge in [-0.05, 0) is 18.9 Å². The summed E-state index contributed by atoms with van der Waals surface area (Å²) < 4.78 is 5.67. The maximum atomic E-state index is 11.9. The zero-order chi connectivity index (χ0) is 14.8. The van der Waals surface area contributed by atoms with Crippen LogP contribution in [-0.4, -0.2) is 15.7 Å². The monoisotopic (exact) mass is 284 g/mol. The van der Waals surface area contributed by atoms with Crippen molar-refractivity contribution in [1.29, 1.82) is 0 Å². The number of carbonyl (C=O) groups is 1. The van der Waals surface area contributed by atoms with Crippen molar-refractivity contribution in [3.05, 3.63) is 57.8 Å². The highest BCUT2D eigenvalue weighted by atomic mass is 16.6. The van der Waals surface area contributed by atoms with Gasteiger partial charge in [0, 0.05) is 29.7 Å². The van der Waals surface area contributed by atoms with Crippen molar-refractivity contribution in [2.24, 2.45) is 0 Å². The molecule has 6 nitrogen and oxygen atoms in total. The lowest BCUT2D eigenvalue weighted by Crippen LogP contribution is -2.11. The number of benzene rings is 1. The number of carbonyl (C=O) groups excluding carboxylic acids is 1. The summed E-state index contributed by atoms with van der Waals surface area (Å²) in [6.07, 6.45) is 3.30. The van der Waals surface area contributed by atoms with E-state index in [-0.39, 0.29) is 17.4 Å². The van der Waals surface area contributed by atoms with Crippen molar-refractivity contribution in [3.63, 3.8) is 0 Å². The Morgan fingerprint density at radius 3 is 2.76 bits per heavy atom. The van der Waals surface area contributed by atoms with Crippen LogP contribution in [0.15, 0.2) is 36.5 Å². The van der Waals surface area contributed by atoms with Crippen LogP contribution in [0.2, 0.25) is 0 Å². The SMILES string of the molecule is O=C1CCCc2c(Oc3ccc([N+](=O)[O-])cn3)cccc21. The Labute approximate surface area is 120 Å². The van der Waals surface area contributed by atoms with Gasteiger partial charge in [0.15, 0.2) is 5.78 Å². The van der Waals surface area contributed by atoms with Gasteiger partial charge in [0.05, 0.1) is 4.92 Å². The molecule has 1 aliphatic rings. The predicted molar refractivity (Wildman–Crippen MR) is 74.7 cm³/mol. The van der Waals surface area contributed by atoms with Crippen LogP contribution < -0.4 is 4.74 Å². The average molecular weight is 284 g/mol. The summed E-state index contributed by atoms with van der Waals surface area (Å²) in [6.45, 7) is 0. The summed E-state index contributed by atoms with van der Waals surface area (Å²) >= 11 is 0. The Morgan fingerprint density at radius 1 is 1.19 bits per heavy atom. The summed E-state index contributed by atoms with van der Waals surface area (Å²) in [5.74, 6) is 0.979. The molecule has 0 N–H and O–H groups in total. The first-order valence-corrected chi connectivity index (χ1v) is 6.58. The summed E-state index contributed by atoms with van der Waals surface area (Å²) in [6, 6.07) is 8.13. The van der Waals surface area contributed by atoms with Gasteiger partial charge in [-0.15, -0.1) is 0 Å². The zero-order valence-corrected chi connectivity index (χ0v) is 11.1. The molecule has 6 heteroatoms. The lowest BCUT2D eigenvalue weighted by Gasteiger charge is -2.17. The first-order valence-electron chi connectivity index (χ1n) is 6.58. The third kappa shape index (κ3) is 2.60. The molecule has 0 bridgehead atoms. The molecule has 0 spiro atoms. The van der Waals surface area contributed by atoms with Crippen molar-refractivity contribution in [2.45, 2.75) is 19.3 Å². The van der Waals surface area contributed by atoms with Gasteiger partial charge in [-0.2, -0.15) is 0 Å². The molecule has 3 rings (SSSR count). The standard InChI is InChI=1S/C15H12N2O4/c18-13-5-1-4-12-11(13)3-2-6-14(12)21-15-8-7-10(9-16-15)17(19)20/h2-3,6-9H,1,4-5H2. The molecule has 0 saturated carbocycles. The summed E-state index contributed by atoms with van der Waals surface area (Å²) in [7, 11) is 0. The minimum atomic E-state index is -0.514. The van der Waals surface area contributed by atoms with E-state index in [0.717, 1.165) is 24.6 Å². The van der Waals surface area contributed by atoms with Crippen molar-refractivity contribution < 1.29 is 14.5 Å². The highest BCUT2D eigenvalue weighted by molar-refractivity contribution is 5.99. The number of hydrogen-bond donors (Lipinski definition) is 0. The quantitative estimate of drug-likeness (QED) is 0.638. The van der Waals surface area contributed by atoms with E-state index in [1.165, 1.54) is 12.1 Å². The van der Waals surface area contributed by atoms with Gasteiger partial charge in [-0.3, -0.25) is 14.9 Å². The van der Waals surface area contributed by atoms with E-state index in [4.69, 9.17) is 4.74 Å². The molecule has 0 fully saturated rings. The van der Waals surface area contributed by atoms with Crippen LogP contribution in [0.25, 0.3) is 0 Å². The van der Waals surface area contributed by atoms with Gasteiger partial charge >= 0.3 is 0 Å². The average Bonchev–Trinajstić information content (AvgIpc) is 2.49. The molecule has 1 heterocycles. The summed E-state index contributed by atoms with van der Waals surface area (Å²) in [5.41, 5.74) is 1.49. The number of aromatic nitrogens is 1. The highest BCUT2D eigenvalue weighted by Crippen LogP contribution is 2.32. The van der Waals surface area contributed by atoms with E-state index in [9.17, 15) is 14.9 Å². The lowest BCUT2D eigenvalue weighted by atomic mass is 9.90. The first-order chi connectivity index (χ1) is 10.1. The van der Waals surface area contributed by atoms with Crippen molar-refractivity contribution in [2.75, 3.05) is 0 Å². The Bertz CT molecular complexity index is 710. The Kier molecular flexibility index (Phi) is 3.35. The largest absolute Gasteiger partial charge is 0.439 e. The molecular formula is C15H12N2O4. The third-order valence-corrected chi connectivity index (χ3v) is 3.41. The van der Waals surface area contributed by atoms with E-state index in [2.05, 4.69) is 4.98 Å². The van der Waals surface area contributed by atoms with Crippen molar-refractivity contribution in [3.8, 4) is 11.6 Å². The lowest BCUT2D eigenvalue weighted by molar-refractivity contribution is -0.385. The number of Topliss-reactive ketones (excluding diaryl/α,β-unsaturated/α-hetero) is 1. The van der Waals surface area contributed by atoms with Crippen molar-refractivity contribution in [1.82, 2.24) is 4.98 Å². The molecule has 0 atom stereocenters. The van der Waals surface area contributed by atoms with Crippen LogP contribution in [0.1, 0.15) is 28.8 Å². The van der Waals surface area contributed by atoms with Gasteiger partial charge in [0.2, 0.25) is 5.88 Å². The molecule has 1 aromatic carbocycles. The first kappa shape index (κ1) is 13.2. The molecule has 1 aromatic heterocycles. The van der Waals surface area contributed by atoms with E-state index in [0.29, 0.717) is 17.7 Å². The van der Waals surface area contributed by atoms with Crippen LogP contribution in [0.3, 0.4) is 0 Å². The Hall–Kier alpha value is -2.76. The molecule has 0 aliphatic heterocycles. The van der Waals surface area contributed by atoms with Gasteiger partial charge < -0.3 is 4.74 Å². The normalized spacial score (nSPS) is 13.6. The second kappa shape index (κ2) is 5.32. The number of nitrogens with zero attached hydrogens (tertiary/aromatic N) is 2. The van der Waals surface area contributed by atoms with E-state index >= 15 is 0 Å². The van der Waals surface area contributed by atoms with Gasteiger partial charge in [-0.25, -0.2) is 4.98 Å². The second-order valence-corrected chi connectivity index (χ2v) is 4.77. The maximum Gasteiger partial charge on any atom is 0.287 e. The highest BCUT2D eigenvalue weighted by Gasteiger charge is 2.20. The van der Waals surface area contributed by atoms with E-state index in [1.54, 1.807) is 18.2 Å². The van der Waals surface area contributed by atoms with Crippen LogP contribution in [0.5, 0.6) is 11.6 Å². The van der Waals surface area contributed by atoms with Gasteiger partial charge in [0.25, 0.3) is 5.69 Å². The van der Waals surface area contributed by atoms with Crippen LogP contribution in [0, 0.1) is 10.1 Å². The van der Waals surface area contributed by atoms with Crippen molar-refractivity contribution >= 4 is 11.5 Å². The molecule has 0 amide bonds. The number of ketones is 1. The number of ether oxygens (including phenoxy) is 1. The Balaban J connectivity index is 1.90. The van der Waals surface area contributed by atoms with E-state index < -0.39 is 4.92 Å². The fourth-order valence-electron chi connectivity index (χ4n) is 2.39. The number of fused-ring (bicyclic) bond motifs is 1. The number of pyridine rings is 1. The third-order valence-electron chi connectivity index (χ3n) is 3.41. The minimum absolute atomic E-state index is 0.0902. The fourth-order valence-corrected chi connectivity index (χ4v) is 2.39. The van der Waals surface area contributed by atoms with Gasteiger partial charge in [0.1, 0.15) is 11.9 Å². The molecule has 2 aromatic rings. The Morgan fingerprint density at radius 2 is 2.05 bits per heavy atom. The van der Waals surface area contributed by atoms with E-state index in [1.807, 2.05) is 0 Å². The van der Waals surface area contributed by atoms with Crippen LogP contribution >= 0.6 is 0 Å². The molecule has 0 saturated heterocycles.